The van der Waals surface area contributed by atoms with Gasteiger partial charge < -0.3 is 15.0 Å². The van der Waals surface area contributed by atoms with Gasteiger partial charge in [-0.3, -0.25) is 4.79 Å². The topological polar surface area (TPSA) is 58.6 Å². The SMILES string of the molecule is Cc1ccc2c(c1)C1=C(C2)C(C(C)C)N(C(=O)C2CCC(CNC(=O)OC(C)(C)C)CC2)CC1. The standard InChI is InChI=1S/C29H42N2O3/c1-18(2)26-25-16-22-10-7-19(3)15-24(22)23(25)13-14-31(26)27(32)21-11-8-20(9-12-21)17-30-28(33)34-29(4,5)6/h7,10,15,18,20-21,26H,8-9,11-14,16-17H2,1-6H3,(H,30,33). The van der Waals surface area contributed by atoms with E-state index in [9.17, 15) is 9.59 Å². The van der Waals surface area contributed by atoms with E-state index < -0.39 is 5.60 Å². The van der Waals surface area contributed by atoms with Crippen LogP contribution in [0.1, 0.15) is 83.4 Å². The lowest BCUT2D eigenvalue weighted by molar-refractivity contribution is -0.139. The number of aryl methyl sites for hydroxylation is 1. The minimum atomic E-state index is -0.482. The van der Waals surface area contributed by atoms with Gasteiger partial charge in [0, 0.05) is 19.0 Å². The molecule has 1 N–H and O–H groups in total. The van der Waals surface area contributed by atoms with Gasteiger partial charge in [-0.15, -0.1) is 0 Å². The monoisotopic (exact) mass is 466 g/mol. The molecule has 1 unspecified atom stereocenters. The number of rotatable bonds is 4. The Morgan fingerprint density at radius 1 is 1.15 bits per heavy atom. The van der Waals surface area contributed by atoms with Crippen molar-refractivity contribution < 1.29 is 14.3 Å². The second-order valence-electron chi connectivity index (χ2n) is 11.9. The molecule has 0 bridgehead atoms. The van der Waals surface area contributed by atoms with E-state index in [1.807, 2.05) is 20.8 Å². The van der Waals surface area contributed by atoms with Crippen molar-refractivity contribution in [2.45, 2.75) is 91.7 Å². The number of amides is 2. The number of fused-ring (bicyclic) bond motifs is 2. The smallest absolute Gasteiger partial charge is 0.407 e. The van der Waals surface area contributed by atoms with Crippen LogP contribution in [0, 0.1) is 24.7 Å². The minimum Gasteiger partial charge on any atom is -0.444 e. The van der Waals surface area contributed by atoms with Crippen molar-refractivity contribution in [1.82, 2.24) is 10.2 Å². The van der Waals surface area contributed by atoms with Gasteiger partial charge in [0.25, 0.3) is 0 Å². The zero-order chi connectivity index (χ0) is 24.6. The highest BCUT2D eigenvalue weighted by molar-refractivity contribution is 5.84. The van der Waals surface area contributed by atoms with Crippen LogP contribution >= 0.6 is 0 Å². The van der Waals surface area contributed by atoms with E-state index in [1.54, 1.807) is 0 Å². The van der Waals surface area contributed by atoms with Crippen LogP contribution in [0.3, 0.4) is 0 Å². The molecule has 0 aromatic heterocycles. The summed E-state index contributed by atoms with van der Waals surface area (Å²) in [6.07, 6.45) is 5.38. The minimum absolute atomic E-state index is 0.104. The molecule has 1 aromatic carbocycles. The predicted octanol–water partition coefficient (Wildman–Crippen LogP) is 5.89. The van der Waals surface area contributed by atoms with Crippen LogP contribution in [0.15, 0.2) is 23.8 Å². The number of alkyl carbamates (subject to hydrolysis) is 1. The van der Waals surface area contributed by atoms with Crippen LogP contribution in [0.2, 0.25) is 0 Å². The van der Waals surface area contributed by atoms with E-state index in [0.717, 1.165) is 45.1 Å². The molecule has 0 spiro atoms. The molecular weight excluding hydrogens is 424 g/mol. The Labute approximate surface area is 205 Å². The van der Waals surface area contributed by atoms with Gasteiger partial charge in [0.05, 0.1) is 6.04 Å². The van der Waals surface area contributed by atoms with Crippen LogP contribution in [0.5, 0.6) is 0 Å². The molecule has 5 nitrogen and oxygen atoms in total. The molecule has 1 fully saturated rings. The summed E-state index contributed by atoms with van der Waals surface area (Å²) in [5, 5.41) is 2.91. The molecule has 1 atom stereocenters. The molecule has 1 heterocycles. The molecule has 1 saturated carbocycles. The van der Waals surface area contributed by atoms with Gasteiger partial charge in [0.15, 0.2) is 0 Å². The van der Waals surface area contributed by atoms with Crippen molar-refractivity contribution in [1.29, 1.82) is 0 Å². The Morgan fingerprint density at radius 3 is 2.50 bits per heavy atom. The Morgan fingerprint density at radius 2 is 1.85 bits per heavy atom. The number of hydrogen-bond donors (Lipinski definition) is 1. The molecular formula is C29H42N2O3. The number of carbonyl (C=O) groups is 2. The van der Waals surface area contributed by atoms with Gasteiger partial charge >= 0.3 is 6.09 Å². The van der Waals surface area contributed by atoms with E-state index >= 15 is 0 Å². The Hall–Kier alpha value is -2.30. The lowest BCUT2D eigenvalue weighted by atomic mass is 9.79. The molecule has 1 aromatic rings. The summed E-state index contributed by atoms with van der Waals surface area (Å²) < 4.78 is 5.35. The van der Waals surface area contributed by atoms with Crippen molar-refractivity contribution in [3.05, 3.63) is 40.5 Å². The van der Waals surface area contributed by atoms with E-state index in [1.165, 1.54) is 27.8 Å². The third-order valence-corrected chi connectivity index (χ3v) is 7.70. The highest BCUT2D eigenvalue weighted by Gasteiger charge is 2.40. The Kier molecular flexibility index (Phi) is 7.12. The zero-order valence-electron chi connectivity index (χ0n) is 21.9. The molecule has 1 aliphatic heterocycles. The van der Waals surface area contributed by atoms with Gasteiger partial charge in [0.2, 0.25) is 5.91 Å². The van der Waals surface area contributed by atoms with Crippen molar-refractivity contribution in [3.8, 4) is 0 Å². The summed E-state index contributed by atoms with van der Waals surface area (Å²) >= 11 is 0. The second-order valence-corrected chi connectivity index (χ2v) is 11.9. The highest BCUT2D eigenvalue weighted by atomic mass is 16.6. The maximum atomic E-state index is 13.7. The molecule has 2 aliphatic carbocycles. The summed E-state index contributed by atoms with van der Waals surface area (Å²) in [4.78, 5) is 27.9. The molecule has 3 aliphatic rings. The summed E-state index contributed by atoms with van der Waals surface area (Å²) in [7, 11) is 0. The van der Waals surface area contributed by atoms with E-state index in [0.29, 0.717) is 24.3 Å². The number of ether oxygens (including phenoxy) is 1. The molecule has 34 heavy (non-hydrogen) atoms. The third-order valence-electron chi connectivity index (χ3n) is 7.70. The lowest BCUT2D eigenvalue weighted by Gasteiger charge is -2.42. The van der Waals surface area contributed by atoms with Crippen molar-refractivity contribution in [2.75, 3.05) is 13.1 Å². The summed E-state index contributed by atoms with van der Waals surface area (Å²) in [5.74, 6) is 1.27. The largest absolute Gasteiger partial charge is 0.444 e. The Balaban J connectivity index is 1.37. The van der Waals surface area contributed by atoms with Crippen LogP contribution in [0.4, 0.5) is 4.79 Å². The highest BCUT2D eigenvalue weighted by Crippen LogP contribution is 2.44. The Bertz CT molecular complexity index is 964. The molecule has 0 saturated heterocycles. The average Bonchev–Trinajstić information content (AvgIpc) is 3.13. The zero-order valence-corrected chi connectivity index (χ0v) is 21.9. The number of nitrogens with zero attached hydrogens (tertiary/aromatic N) is 1. The third kappa shape index (κ3) is 5.34. The number of nitrogens with one attached hydrogen (secondary N) is 1. The summed E-state index contributed by atoms with van der Waals surface area (Å²) in [6.45, 7) is 13.8. The van der Waals surface area contributed by atoms with Crippen molar-refractivity contribution in [2.24, 2.45) is 17.8 Å². The van der Waals surface area contributed by atoms with Crippen LogP contribution < -0.4 is 5.32 Å². The number of benzene rings is 1. The normalized spacial score (nSPS) is 24.7. The van der Waals surface area contributed by atoms with Gasteiger partial charge in [-0.2, -0.15) is 0 Å². The first-order valence-electron chi connectivity index (χ1n) is 13.1. The van der Waals surface area contributed by atoms with Gasteiger partial charge in [-0.1, -0.05) is 37.6 Å². The quantitative estimate of drug-likeness (QED) is 0.602. The predicted molar refractivity (Wildman–Crippen MR) is 136 cm³/mol. The maximum Gasteiger partial charge on any atom is 0.407 e. The summed E-state index contributed by atoms with van der Waals surface area (Å²) in [5.41, 5.74) is 6.65. The first-order chi connectivity index (χ1) is 16.0. The van der Waals surface area contributed by atoms with Gasteiger partial charge in [-0.25, -0.2) is 4.79 Å². The first-order valence-corrected chi connectivity index (χ1v) is 13.1. The fourth-order valence-corrected chi connectivity index (χ4v) is 6.15. The van der Waals surface area contributed by atoms with Gasteiger partial charge in [-0.05, 0) is 100 Å². The van der Waals surface area contributed by atoms with Crippen LogP contribution in [-0.2, 0) is 16.0 Å². The summed E-state index contributed by atoms with van der Waals surface area (Å²) in [6, 6.07) is 7.02. The fraction of sp³-hybridized carbons (Fsp3) is 0.655. The lowest BCUT2D eigenvalue weighted by Crippen LogP contribution is -2.50. The van der Waals surface area contributed by atoms with Crippen molar-refractivity contribution >= 4 is 17.6 Å². The number of hydrogen-bond acceptors (Lipinski definition) is 3. The van der Waals surface area contributed by atoms with E-state index in [-0.39, 0.29) is 18.1 Å². The van der Waals surface area contributed by atoms with Crippen LogP contribution in [-0.4, -0.2) is 41.6 Å². The van der Waals surface area contributed by atoms with E-state index in [4.69, 9.17) is 4.74 Å². The first kappa shape index (κ1) is 24.8. The molecule has 2 amide bonds. The van der Waals surface area contributed by atoms with Crippen molar-refractivity contribution in [3.63, 3.8) is 0 Å². The molecule has 4 rings (SSSR count). The average molecular weight is 467 g/mol. The molecule has 186 valence electrons. The van der Waals surface area contributed by atoms with Gasteiger partial charge in [0.1, 0.15) is 5.60 Å². The molecule has 0 radical (unpaired) electrons. The second kappa shape index (κ2) is 9.75. The van der Waals surface area contributed by atoms with E-state index in [2.05, 4.69) is 49.2 Å². The van der Waals surface area contributed by atoms with Crippen LogP contribution in [0.25, 0.3) is 5.57 Å². The maximum absolute atomic E-state index is 13.7. The fourth-order valence-electron chi connectivity index (χ4n) is 6.15. The molecule has 5 heteroatoms. The number of carbonyl (C=O) groups excluding carboxylic acids is 2.